The van der Waals surface area contributed by atoms with Gasteiger partial charge in [-0.1, -0.05) is 13.0 Å². The molecule has 0 spiro atoms. The molecule has 0 bridgehead atoms. The number of aliphatic hydroxyl groups is 1. The molecular weight excluding hydrogens is 238 g/mol. The van der Waals surface area contributed by atoms with Crippen molar-refractivity contribution in [3.05, 3.63) is 24.3 Å². The average Bonchev–Trinajstić information content (AvgIpc) is 2.42. The van der Waals surface area contributed by atoms with Crippen molar-refractivity contribution in [3.8, 4) is 5.75 Å². The molecule has 0 saturated heterocycles. The van der Waals surface area contributed by atoms with E-state index in [1.807, 2.05) is 12.1 Å². The first-order valence-electron chi connectivity index (χ1n) is 7.38. The molecule has 106 valence electrons. The number of ether oxygens (including phenoxy) is 1. The molecule has 3 nitrogen and oxygen atoms in total. The minimum absolute atomic E-state index is 0.0990. The number of anilines is 1. The van der Waals surface area contributed by atoms with Crippen molar-refractivity contribution in [3.63, 3.8) is 0 Å². The van der Waals surface area contributed by atoms with Gasteiger partial charge < -0.3 is 15.2 Å². The summed E-state index contributed by atoms with van der Waals surface area (Å²) in [6.07, 6.45) is 5.05. The van der Waals surface area contributed by atoms with Crippen molar-refractivity contribution in [1.82, 2.24) is 0 Å². The second-order valence-corrected chi connectivity index (χ2v) is 5.51. The van der Waals surface area contributed by atoms with Gasteiger partial charge >= 0.3 is 0 Å². The van der Waals surface area contributed by atoms with Crippen LogP contribution in [0, 0.1) is 0 Å². The van der Waals surface area contributed by atoms with E-state index >= 15 is 0 Å². The van der Waals surface area contributed by atoms with Crippen LogP contribution >= 0.6 is 0 Å². The molecule has 1 aliphatic rings. The molecule has 2 N–H and O–H groups in total. The Morgan fingerprint density at radius 3 is 2.74 bits per heavy atom. The summed E-state index contributed by atoms with van der Waals surface area (Å²) < 4.78 is 5.83. The Kier molecular flexibility index (Phi) is 5.08. The molecule has 0 aromatic heterocycles. The maximum atomic E-state index is 9.52. The Balaban J connectivity index is 1.91. The lowest BCUT2D eigenvalue weighted by Gasteiger charge is -2.27. The SMILES string of the molecule is CCC(C)Oc1cccc(NC2CCC(O)CC2)c1. The molecule has 1 aromatic carbocycles. The first kappa shape index (κ1) is 14.2. The Hall–Kier alpha value is -1.22. The quantitative estimate of drug-likeness (QED) is 0.853. The van der Waals surface area contributed by atoms with Crippen LogP contribution in [-0.2, 0) is 0 Å². The highest BCUT2D eigenvalue weighted by atomic mass is 16.5. The molecule has 1 unspecified atom stereocenters. The molecule has 1 fully saturated rings. The van der Waals surface area contributed by atoms with E-state index in [1.54, 1.807) is 0 Å². The van der Waals surface area contributed by atoms with E-state index in [-0.39, 0.29) is 12.2 Å². The molecule has 1 aliphatic carbocycles. The van der Waals surface area contributed by atoms with Crippen LogP contribution < -0.4 is 10.1 Å². The predicted molar refractivity (Wildman–Crippen MR) is 78.7 cm³/mol. The summed E-state index contributed by atoms with van der Waals surface area (Å²) in [6.45, 7) is 4.21. The summed E-state index contributed by atoms with van der Waals surface area (Å²) in [7, 11) is 0. The molecule has 1 atom stereocenters. The Morgan fingerprint density at radius 1 is 1.32 bits per heavy atom. The van der Waals surface area contributed by atoms with Crippen LogP contribution in [0.3, 0.4) is 0 Å². The molecule has 1 saturated carbocycles. The second-order valence-electron chi connectivity index (χ2n) is 5.51. The summed E-state index contributed by atoms with van der Waals surface area (Å²) in [5.41, 5.74) is 1.11. The summed E-state index contributed by atoms with van der Waals surface area (Å²) >= 11 is 0. The minimum atomic E-state index is -0.0990. The fourth-order valence-corrected chi connectivity index (χ4v) is 2.43. The topological polar surface area (TPSA) is 41.5 Å². The van der Waals surface area contributed by atoms with Crippen LogP contribution in [-0.4, -0.2) is 23.4 Å². The van der Waals surface area contributed by atoms with Crippen LogP contribution in [0.5, 0.6) is 5.75 Å². The first-order chi connectivity index (χ1) is 9.17. The summed E-state index contributed by atoms with van der Waals surface area (Å²) in [5.74, 6) is 0.926. The van der Waals surface area contributed by atoms with Crippen LogP contribution in [0.25, 0.3) is 0 Å². The van der Waals surface area contributed by atoms with E-state index in [4.69, 9.17) is 4.74 Å². The largest absolute Gasteiger partial charge is 0.491 e. The van der Waals surface area contributed by atoms with E-state index in [1.165, 1.54) is 0 Å². The molecule has 3 heteroatoms. The maximum absolute atomic E-state index is 9.52. The van der Waals surface area contributed by atoms with Gasteiger partial charge in [-0.15, -0.1) is 0 Å². The van der Waals surface area contributed by atoms with Gasteiger partial charge in [0.15, 0.2) is 0 Å². The lowest BCUT2D eigenvalue weighted by atomic mass is 9.93. The van der Waals surface area contributed by atoms with Crippen LogP contribution in [0.15, 0.2) is 24.3 Å². The van der Waals surface area contributed by atoms with Crippen LogP contribution in [0.1, 0.15) is 46.0 Å². The van der Waals surface area contributed by atoms with Gasteiger partial charge in [-0.3, -0.25) is 0 Å². The lowest BCUT2D eigenvalue weighted by molar-refractivity contribution is 0.126. The lowest BCUT2D eigenvalue weighted by Crippen LogP contribution is -2.28. The number of rotatable bonds is 5. The van der Waals surface area contributed by atoms with Crippen molar-refractivity contribution in [2.24, 2.45) is 0 Å². The fourth-order valence-electron chi connectivity index (χ4n) is 2.43. The monoisotopic (exact) mass is 263 g/mol. The zero-order chi connectivity index (χ0) is 13.7. The number of nitrogens with one attached hydrogen (secondary N) is 1. The fraction of sp³-hybridized carbons (Fsp3) is 0.625. The van der Waals surface area contributed by atoms with E-state index in [0.29, 0.717) is 6.04 Å². The number of aliphatic hydroxyl groups excluding tert-OH is 1. The molecular formula is C16H25NO2. The van der Waals surface area contributed by atoms with Gasteiger partial charge in [0.25, 0.3) is 0 Å². The zero-order valence-corrected chi connectivity index (χ0v) is 11.9. The normalized spacial score (nSPS) is 24.8. The van der Waals surface area contributed by atoms with E-state index in [0.717, 1.165) is 43.5 Å². The highest BCUT2D eigenvalue weighted by molar-refractivity contribution is 5.49. The molecule has 0 amide bonds. The Labute approximate surface area is 116 Å². The minimum Gasteiger partial charge on any atom is -0.491 e. The van der Waals surface area contributed by atoms with Gasteiger partial charge in [0.05, 0.1) is 12.2 Å². The van der Waals surface area contributed by atoms with Gasteiger partial charge in [-0.2, -0.15) is 0 Å². The Bertz CT molecular complexity index is 386. The van der Waals surface area contributed by atoms with E-state index in [2.05, 4.69) is 31.3 Å². The summed E-state index contributed by atoms with van der Waals surface area (Å²) in [4.78, 5) is 0. The third kappa shape index (κ3) is 4.43. The Morgan fingerprint density at radius 2 is 2.05 bits per heavy atom. The molecule has 0 aliphatic heterocycles. The van der Waals surface area contributed by atoms with Gasteiger partial charge in [-0.05, 0) is 51.2 Å². The van der Waals surface area contributed by atoms with Crippen LogP contribution in [0.2, 0.25) is 0 Å². The molecule has 0 heterocycles. The molecule has 19 heavy (non-hydrogen) atoms. The van der Waals surface area contributed by atoms with Crippen molar-refractivity contribution >= 4 is 5.69 Å². The summed E-state index contributed by atoms with van der Waals surface area (Å²) in [5, 5.41) is 13.1. The van der Waals surface area contributed by atoms with Gasteiger partial charge in [0, 0.05) is 17.8 Å². The smallest absolute Gasteiger partial charge is 0.121 e. The zero-order valence-electron chi connectivity index (χ0n) is 11.9. The number of hydrogen-bond acceptors (Lipinski definition) is 3. The van der Waals surface area contributed by atoms with Crippen molar-refractivity contribution in [2.45, 2.75) is 64.2 Å². The second kappa shape index (κ2) is 6.80. The summed E-state index contributed by atoms with van der Waals surface area (Å²) in [6, 6.07) is 8.65. The highest BCUT2D eigenvalue weighted by Crippen LogP contribution is 2.24. The van der Waals surface area contributed by atoms with Crippen LogP contribution in [0.4, 0.5) is 5.69 Å². The van der Waals surface area contributed by atoms with Crippen molar-refractivity contribution < 1.29 is 9.84 Å². The van der Waals surface area contributed by atoms with E-state index in [9.17, 15) is 5.11 Å². The number of benzene rings is 1. The van der Waals surface area contributed by atoms with Gasteiger partial charge in [0.2, 0.25) is 0 Å². The third-order valence-electron chi connectivity index (χ3n) is 3.81. The standard InChI is InChI=1S/C16H25NO2/c1-3-12(2)19-16-6-4-5-14(11-16)17-13-7-9-15(18)10-8-13/h4-6,11-13,15,17-18H,3,7-10H2,1-2H3. The highest BCUT2D eigenvalue weighted by Gasteiger charge is 2.19. The third-order valence-corrected chi connectivity index (χ3v) is 3.81. The van der Waals surface area contributed by atoms with Crippen molar-refractivity contribution in [2.75, 3.05) is 5.32 Å². The molecule has 0 radical (unpaired) electrons. The maximum Gasteiger partial charge on any atom is 0.121 e. The first-order valence-corrected chi connectivity index (χ1v) is 7.38. The molecule has 1 aromatic rings. The predicted octanol–water partition coefficient (Wildman–Crippen LogP) is 3.58. The van der Waals surface area contributed by atoms with Gasteiger partial charge in [0.1, 0.15) is 5.75 Å². The van der Waals surface area contributed by atoms with Crippen molar-refractivity contribution in [1.29, 1.82) is 0 Å². The van der Waals surface area contributed by atoms with Gasteiger partial charge in [-0.25, -0.2) is 0 Å². The van der Waals surface area contributed by atoms with E-state index < -0.39 is 0 Å². The molecule has 2 rings (SSSR count). The average molecular weight is 263 g/mol. The number of hydrogen-bond donors (Lipinski definition) is 2.